The number of nitrogens with zero attached hydrogens (tertiary/aromatic N) is 3. The SMILES string of the molecule is CC(C)(C)N1CCN2c3ncc(C(F)(F)F)cc3CCC2C1. The summed E-state index contributed by atoms with van der Waals surface area (Å²) < 4.78 is 38.4. The maximum absolute atomic E-state index is 12.8. The largest absolute Gasteiger partial charge is 0.417 e. The molecule has 22 heavy (non-hydrogen) atoms. The average molecular weight is 313 g/mol. The monoisotopic (exact) mass is 313 g/mol. The molecule has 0 aromatic carbocycles. The lowest BCUT2D eigenvalue weighted by molar-refractivity contribution is -0.137. The van der Waals surface area contributed by atoms with Gasteiger partial charge in [0.05, 0.1) is 5.56 Å². The van der Waals surface area contributed by atoms with Crippen molar-refractivity contribution < 1.29 is 13.2 Å². The second-order valence-corrected chi connectivity index (χ2v) is 7.21. The van der Waals surface area contributed by atoms with Gasteiger partial charge >= 0.3 is 6.18 Å². The molecular weight excluding hydrogens is 291 g/mol. The molecule has 122 valence electrons. The normalized spacial score (nSPS) is 23.2. The van der Waals surface area contributed by atoms with E-state index in [0.29, 0.717) is 12.5 Å². The first kappa shape index (κ1) is 15.6. The van der Waals surface area contributed by atoms with Gasteiger partial charge in [0, 0.05) is 37.4 Å². The Labute approximate surface area is 129 Å². The van der Waals surface area contributed by atoms with Crippen molar-refractivity contribution in [2.75, 3.05) is 24.5 Å². The van der Waals surface area contributed by atoms with E-state index in [1.165, 1.54) is 6.07 Å². The second kappa shape index (κ2) is 5.11. The van der Waals surface area contributed by atoms with Crippen LogP contribution in [-0.4, -0.2) is 41.1 Å². The molecule has 0 aliphatic carbocycles. The molecular formula is C16H22F3N3. The van der Waals surface area contributed by atoms with Crippen molar-refractivity contribution in [3.8, 4) is 0 Å². The third-order valence-corrected chi connectivity index (χ3v) is 4.72. The standard InChI is InChI=1S/C16H22F3N3/c1-15(2,3)21-6-7-22-13(10-21)5-4-11-8-12(16(17,18)19)9-20-14(11)22/h8-9,13H,4-7,10H2,1-3H3. The number of rotatable bonds is 0. The van der Waals surface area contributed by atoms with Crippen LogP contribution in [0.4, 0.5) is 19.0 Å². The van der Waals surface area contributed by atoms with Gasteiger partial charge in [-0.25, -0.2) is 4.98 Å². The summed E-state index contributed by atoms with van der Waals surface area (Å²) in [4.78, 5) is 8.79. The summed E-state index contributed by atoms with van der Waals surface area (Å²) in [6.45, 7) is 9.30. The zero-order chi connectivity index (χ0) is 16.1. The predicted molar refractivity (Wildman–Crippen MR) is 80.0 cm³/mol. The highest BCUT2D eigenvalue weighted by Gasteiger charge is 2.38. The van der Waals surface area contributed by atoms with E-state index in [0.717, 1.165) is 43.6 Å². The number of piperazine rings is 1. The van der Waals surface area contributed by atoms with E-state index in [2.05, 4.69) is 35.6 Å². The Morgan fingerprint density at radius 2 is 1.91 bits per heavy atom. The zero-order valence-corrected chi connectivity index (χ0v) is 13.2. The quantitative estimate of drug-likeness (QED) is 0.732. The number of halogens is 3. The van der Waals surface area contributed by atoms with Crippen molar-refractivity contribution in [1.82, 2.24) is 9.88 Å². The number of alkyl halides is 3. The van der Waals surface area contributed by atoms with Crippen LogP contribution >= 0.6 is 0 Å². The smallest absolute Gasteiger partial charge is 0.351 e. The summed E-state index contributed by atoms with van der Waals surface area (Å²) in [7, 11) is 0. The third-order valence-electron chi connectivity index (χ3n) is 4.72. The van der Waals surface area contributed by atoms with Crippen LogP contribution in [0.1, 0.15) is 38.3 Å². The number of hydrogen-bond donors (Lipinski definition) is 0. The average Bonchev–Trinajstić information content (AvgIpc) is 2.44. The van der Waals surface area contributed by atoms with Crippen LogP contribution in [0.3, 0.4) is 0 Å². The zero-order valence-electron chi connectivity index (χ0n) is 13.2. The minimum absolute atomic E-state index is 0.125. The molecule has 0 amide bonds. The Hall–Kier alpha value is -1.30. The Kier molecular flexibility index (Phi) is 3.62. The van der Waals surface area contributed by atoms with Gasteiger partial charge in [0.25, 0.3) is 0 Å². The van der Waals surface area contributed by atoms with E-state index in [9.17, 15) is 13.2 Å². The van der Waals surface area contributed by atoms with E-state index in [-0.39, 0.29) is 5.54 Å². The van der Waals surface area contributed by atoms with Crippen molar-refractivity contribution in [1.29, 1.82) is 0 Å². The lowest BCUT2D eigenvalue weighted by atomic mass is 9.93. The third kappa shape index (κ3) is 2.81. The van der Waals surface area contributed by atoms with Crippen LogP contribution in [0.15, 0.2) is 12.3 Å². The number of anilines is 1. The van der Waals surface area contributed by atoms with E-state index < -0.39 is 11.7 Å². The molecule has 3 nitrogen and oxygen atoms in total. The fourth-order valence-electron chi connectivity index (χ4n) is 3.41. The number of pyridine rings is 1. The highest BCUT2D eigenvalue weighted by Crippen LogP contribution is 2.36. The van der Waals surface area contributed by atoms with Crippen LogP contribution < -0.4 is 4.90 Å². The van der Waals surface area contributed by atoms with Gasteiger partial charge < -0.3 is 4.90 Å². The molecule has 1 fully saturated rings. The molecule has 3 heterocycles. The minimum atomic E-state index is -4.32. The first-order valence-electron chi connectivity index (χ1n) is 7.74. The van der Waals surface area contributed by atoms with Crippen LogP contribution in [-0.2, 0) is 12.6 Å². The van der Waals surface area contributed by atoms with Gasteiger partial charge in [0.1, 0.15) is 5.82 Å². The topological polar surface area (TPSA) is 19.4 Å². The number of aromatic nitrogens is 1. The van der Waals surface area contributed by atoms with Crippen LogP contribution in [0.25, 0.3) is 0 Å². The van der Waals surface area contributed by atoms with Crippen LogP contribution in [0.5, 0.6) is 0 Å². The van der Waals surface area contributed by atoms with Gasteiger partial charge in [-0.2, -0.15) is 13.2 Å². The van der Waals surface area contributed by atoms with Crippen LogP contribution in [0.2, 0.25) is 0 Å². The second-order valence-electron chi connectivity index (χ2n) is 7.21. The summed E-state index contributed by atoms with van der Waals surface area (Å²) >= 11 is 0. The van der Waals surface area contributed by atoms with E-state index >= 15 is 0 Å². The molecule has 0 spiro atoms. The van der Waals surface area contributed by atoms with E-state index in [4.69, 9.17) is 0 Å². The summed E-state index contributed by atoms with van der Waals surface area (Å²) in [5.74, 6) is 0.748. The number of fused-ring (bicyclic) bond motifs is 3. The maximum Gasteiger partial charge on any atom is 0.417 e. The highest BCUT2D eigenvalue weighted by molar-refractivity contribution is 5.52. The van der Waals surface area contributed by atoms with E-state index in [1.807, 2.05) is 0 Å². The Morgan fingerprint density at radius 1 is 1.18 bits per heavy atom. The van der Waals surface area contributed by atoms with Crippen molar-refractivity contribution in [3.63, 3.8) is 0 Å². The molecule has 0 radical (unpaired) electrons. The number of aryl methyl sites for hydroxylation is 1. The molecule has 0 N–H and O–H groups in total. The van der Waals surface area contributed by atoms with Crippen LogP contribution in [0, 0.1) is 0 Å². The molecule has 2 aliphatic rings. The molecule has 6 heteroatoms. The van der Waals surface area contributed by atoms with Gasteiger partial charge in [-0.3, -0.25) is 4.90 Å². The lowest BCUT2D eigenvalue weighted by Gasteiger charge is -2.49. The lowest BCUT2D eigenvalue weighted by Crippen LogP contribution is -2.59. The first-order chi connectivity index (χ1) is 10.2. The van der Waals surface area contributed by atoms with E-state index in [1.54, 1.807) is 0 Å². The summed E-state index contributed by atoms with van der Waals surface area (Å²) in [5, 5.41) is 0. The maximum atomic E-state index is 12.8. The molecule has 0 saturated carbocycles. The predicted octanol–water partition coefficient (Wildman–Crippen LogP) is 3.34. The van der Waals surface area contributed by atoms with Gasteiger partial charge in [0.15, 0.2) is 0 Å². The Bertz CT molecular complexity index is 563. The molecule has 1 aromatic rings. The van der Waals surface area contributed by atoms with Crippen molar-refractivity contribution in [3.05, 3.63) is 23.4 Å². The molecule has 0 bridgehead atoms. The molecule has 1 aromatic heterocycles. The minimum Gasteiger partial charge on any atom is -0.351 e. The molecule has 2 aliphatic heterocycles. The van der Waals surface area contributed by atoms with Gasteiger partial charge in [-0.05, 0) is 45.2 Å². The van der Waals surface area contributed by atoms with Gasteiger partial charge in [-0.1, -0.05) is 0 Å². The summed E-state index contributed by atoms with van der Waals surface area (Å²) in [6, 6.07) is 1.62. The van der Waals surface area contributed by atoms with Gasteiger partial charge in [-0.15, -0.1) is 0 Å². The first-order valence-corrected chi connectivity index (χ1v) is 7.74. The summed E-state index contributed by atoms with van der Waals surface area (Å²) in [6.07, 6.45) is -1.78. The number of hydrogen-bond acceptors (Lipinski definition) is 3. The Morgan fingerprint density at radius 3 is 2.55 bits per heavy atom. The Balaban J connectivity index is 1.84. The van der Waals surface area contributed by atoms with Crippen molar-refractivity contribution >= 4 is 5.82 Å². The fraction of sp³-hybridized carbons (Fsp3) is 0.688. The molecule has 1 unspecified atom stereocenters. The van der Waals surface area contributed by atoms with Crippen molar-refractivity contribution in [2.24, 2.45) is 0 Å². The van der Waals surface area contributed by atoms with Crippen molar-refractivity contribution in [2.45, 2.75) is 51.4 Å². The molecule has 1 saturated heterocycles. The fourth-order valence-corrected chi connectivity index (χ4v) is 3.41. The summed E-state index contributed by atoms with van der Waals surface area (Å²) in [5.41, 5.74) is 0.216. The van der Waals surface area contributed by atoms with Gasteiger partial charge in [0.2, 0.25) is 0 Å². The molecule has 3 rings (SSSR count). The highest BCUT2D eigenvalue weighted by atomic mass is 19.4. The molecule has 1 atom stereocenters.